The van der Waals surface area contributed by atoms with Crippen LogP contribution in [0.1, 0.15) is 20.3 Å². The van der Waals surface area contributed by atoms with E-state index in [2.05, 4.69) is 15.9 Å². The van der Waals surface area contributed by atoms with Crippen LogP contribution >= 0.6 is 27.5 Å². The summed E-state index contributed by atoms with van der Waals surface area (Å²) in [5.41, 5.74) is -0.721. The molecular weight excluding hydrogens is 283 g/mol. The number of hydrogen-bond donors (Lipinski definition) is 2. The average Bonchev–Trinajstić information content (AvgIpc) is 2.09. The summed E-state index contributed by atoms with van der Waals surface area (Å²) in [5.74, 6) is 0. The second-order valence-electron chi connectivity index (χ2n) is 4.38. The lowest BCUT2D eigenvalue weighted by Crippen LogP contribution is -2.53. The van der Waals surface area contributed by atoms with Gasteiger partial charge in [-0.2, -0.15) is 0 Å². The van der Waals surface area contributed by atoms with Gasteiger partial charge in [-0.15, -0.1) is 0 Å². The molecule has 0 saturated carbocycles. The first-order chi connectivity index (χ1) is 6.79. The average molecular weight is 300 g/mol. The Balaban J connectivity index is 2.69. The van der Waals surface area contributed by atoms with Gasteiger partial charge in [0.25, 0.3) is 0 Å². The first-order valence-electron chi connectivity index (χ1n) is 4.78. The number of ether oxygens (including phenoxy) is 1. The zero-order valence-electron chi connectivity index (χ0n) is 8.78. The SMILES string of the molecule is CC1(O)COC([C@@](C)(O)/C=C/Cl)CC1Br. The van der Waals surface area contributed by atoms with Gasteiger partial charge in [-0.05, 0) is 26.3 Å². The first-order valence-corrected chi connectivity index (χ1v) is 6.13. The predicted molar refractivity (Wildman–Crippen MR) is 63.3 cm³/mol. The normalized spacial score (nSPS) is 41.7. The highest BCUT2D eigenvalue weighted by atomic mass is 79.9. The van der Waals surface area contributed by atoms with Crippen LogP contribution in [0.15, 0.2) is 11.6 Å². The van der Waals surface area contributed by atoms with E-state index in [1.165, 1.54) is 11.6 Å². The summed E-state index contributed by atoms with van der Waals surface area (Å²) in [7, 11) is 0. The van der Waals surface area contributed by atoms with E-state index in [0.717, 1.165) is 0 Å². The van der Waals surface area contributed by atoms with E-state index in [-0.39, 0.29) is 17.5 Å². The third-order valence-electron chi connectivity index (χ3n) is 2.72. The maximum Gasteiger partial charge on any atom is 0.107 e. The number of alkyl halides is 1. The molecule has 15 heavy (non-hydrogen) atoms. The van der Waals surface area contributed by atoms with Crippen LogP contribution in [0, 0.1) is 0 Å². The topological polar surface area (TPSA) is 49.7 Å². The summed E-state index contributed by atoms with van der Waals surface area (Å²) in [4.78, 5) is -0.0982. The Morgan fingerprint density at radius 2 is 2.27 bits per heavy atom. The number of halogens is 2. The highest BCUT2D eigenvalue weighted by Crippen LogP contribution is 2.33. The zero-order valence-corrected chi connectivity index (χ0v) is 11.1. The molecule has 2 N–H and O–H groups in total. The molecule has 0 aliphatic carbocycles. The number of aliphatic hydroxyl groups is 2. The lowest BCUT2D eigenvalue weighted by atomic mass is 9.88. The van der Waals surface area contributed by atoms with Gasteiger partial charge in [0, 0.05) is 10.4 Å². The zero-order chi connectivity index (χ0) is 11.7. The van der Waals surface area contributed by atoms with E-state index in [1.54, 1.807) is 13.8 Å². The van der Waals surface area contributed by atoms with Gasteiger partial charge < -0.3 is 14.9 Å². The third-order valence-corrected chi connectivity index (χ3v) is 4.21. The molecule has 0 amide bonds. The van der Waals surface area contributed by atoms with Crippen molar-refractivity contribution in [1.82, 2.24) is 0 Å². The van der Waals surface area contributed by atoms with Gasteiger partial charge in [-0.25, -0.2) is 0 Å². The molecule has 1 fully saturated rings. The number of rotatable bonds is 2. The Morgan fingerprint density at radius 3 is 2.73 bits per heavy atom. The van der Waals surface area contributed by atoms with Gasteiger partial charge in [-0.1, -0.05) is 27.5 Å². The Bertz CT molecular complexity index is 253. The summed E-state index contributed by atoms with van der Waals surface area (Å²) in [6.45, 7) is 3.53. The van der Waals surface area contributed by atoms with Crippen molar-refractivity contribution in [1.29, 1.82) is 0 Å². The van der Waals surface area contributed by atoms with Gasteiger partial charge >= 0.3 is 0 Å². The van der Waals surface area contributed by atoms with E-state index < -0.39 is 11.2 Å². The third kappa shape index (κ3) is 3.17. The summed E-state index contributed by atoms with van der Waals surface area (Å²) in [5, 5.41) is 19.9. The second-order valence-corrected chi connectivity index (χ2v) is 5.74. The molecule has 88 valence electrons. The van der Waals surface area contributed by atoms with Gasteiger partial charge in [-0.3, -0.25) is 0 Å². The van der Waals surface area contributed by atoms with Gasteiger partial charge in [0.1, 0.15) is 5.60 Å². The van der Waals surface area contributed by atoms with Crippen LogP contribution in [0.5, 0.6) is 0 Å². The lowest BCUT2D eigenvalue weighted by Gasteiger charge is -2.42. The first kappa shape index (κ1) is 13.5. The van der Waals surface area contributed by atoms with Crippen LogP contribution in [0.25, 0.3) is 0 Å². The minimum atomic E-state index is -1.11. The van der Waals surface area contributed by atoms with Crippen molar-refractivity contribution >= 4 is 27.5 Å². The standard InChI is InChI=1S/C10H16BrClO3/c1-9(13,3-4-12)8-5-7(11)10(2,14)6-15-8/h3-4,7-8,13-14H,5-6H2,1-2H3/b4-3+/t7?,8?,9-,10?/m0/s1. The molecule has 1 aliphatic rings. The van der Waals surface area contributed by atoms with Crippen molar-refractivity contribution in [2.24, 2.45) is 0 Å². The van der Waals surface area contributed by atoms with Crippen molar-refractivity contribution in [3.05, 3.63) is 11.6 Å². The van der Waals surface area contributed by atoms with E-state index in [9.17, 15) is 10.2 Å². The second kappa shape index (κ2) is 4.72. The summed E-state index contributed by atoms with van der Waals surface area (Å²) < 4.78 is 5.44. The predicted octanol–water partition coefficient (Wildman–Crippen LogP) is 1.79. The Kier molecular flexibility index (Phi) is 4.23. The molecule has 1 rings (SSSR count). The Labute approximate surface area is 103 Å². The van der Waals surface area contributed by atoms with E-state index in [1.807, 2.05) is 0 Å². The summed E-state index contributed by atoms with van der Waals surface area (Å²) in [6, 6.07) is 0. The summed E-state index contributed by atoms with van der Waals surface area (Å²) >= 11 is 8.84. The van der Waals surface area contributed by atoms with Crippen molar-refractivity contribution < 1.29 is 14.9 Å². The van der Waals surface area contributed by atoms with Crippen LogP contribution < -0.4 is 0 Å². The molecule has 1 saturated heterocycles. The van der Waals surface area contributed by atoms with Crippen molar-refractivity contribution in [3.63, 3.8) is 0 Å². The lowest BCUT2D eigenvalue weighted by molar-refractivity contribution is -0.152. The van der Waals surface area contributed by atoms with Gasteiger partial charge in [0.15, 0.2) is 0 Å². The molecule has 0 aromatic heterocycles. The monoisotopic (exact) mass is 298 g/mol. The fraction of sp³-hybridized carbons (Fsp3) is 0.800. The molecule has 1 heterocycles. The highest BCUT2D eigenvalue weighted by molar-refractivity contribution is 9.09. The molecule has 0 bridgehead atoms. The largest absolute Gasteiger partial charge is 0.387 e. The fourth-order valence-electron chi connectivity index (χ4n) is 1.51. The van der Waals surface area contributed by atoms with Crippen molar-refractivity contribution in [3.8, 4) is 0 Å². The molecule has 3 nitrogen and oxygen atoms in total. The maximum absolute atomic E-state index is 10.0. The van der Waals surface area contributed by atoms with Crippen LogP contribution in [0.3, 0.4) is 0 Å². The molecule has 3 unspecified atom stereocenters. The van der Waals surface area contributed by atoms with Crippen LogP contribution in [-0.4, -0.2) is 39.0 Å². The van der Waals surface area contributed by atoms with Crippen LogP contribution in [-0.2, 0) is 4.74 Å². The Hall–Kier alpha value is 0.390. The van der Waals surface area contributed by atoms with Crippen molar-refractivity contribution in [2.45, 2.75) is 42.4 Å². The van der Waals surface area contributed by atoms with Gasteiger partial charge in [0.2, 0.25) is 0 Å². The summed E-state index contributed by atoms with van der Waals surface area (Å²) in [6.07, 6.45) is 1.65. The van der Waals surface area contributed by atoms with E-state index in [4.69, 9.17) is 16.3 Å². The van der Waals surface area contributed by atoms with Crippen LogP contribution in [0.4, 0.5) is 0 Å². The number of hydrogen-bond acceptors (Lipinski definition) is 3. The van der Waals surface area contributed by atoms with Crippen LogP contribution in [0.2, 0.25) is 0 Å². The molecule has 0 aromatic rings. The smallest absolute Gasteiger partial charge is 0.107 e. The minimum Gasteiger partial charge on any atom is -0.387 e. The molecule has 4 atom stereocenters. The maximum atomic E-state index is 10.0. The Morgan fingerprint density at radius 1 is 1.67 bits per heavy atom. The molecular formula is C10H16BrClO3. The quantitative estimate of drug-likeness (QED) is 0.764. The fourth-order valence-corrected chi connectivity index (χ4v) is 2.24. The van der Waals surface area contributed by atoms with E-state index >= 15 is 0 Å². The molecule has 1 aliphatic heterocycles. The van der Waals surface area contributed by atoms with E-state index in [0.29, 0.717) is 6.42 Å². The highest BCUT2D eigenvalue weighted by Gasteiger charge is 2.43. The molecule has 0 radical (unpaired) electrons. The minimum absolute atomic E-state index is 0.0982. The molecule has 0 spiro atoms. The molecule has 5 heteroatoms. The van der Waals surface area contributed by atoms with Gasteiger partial charge in [0.05, 0.1) is 18.3 Å². The molecule has 0 aromatic carbocycles. The van der Waals surface area contributed by atoms with Crippen molar-refractivity contribution in [2.75, 3.05) is 6.61 Å².